The number of ether oxygens (including phenoxy) is 3. The molecule has 2 atom stereocenters. The van der Waals surface area contributed by atoms with Crippen LogP contribution in [0.15, 0.2) is 58.3 Å². The van der Waals surface area contributed by atoms with Gasteiger partial charge in [0.05, 0.1) is 22.3 Å². The number of halogens is 1. The molecule has 8 heteroatoms. The lowest BCUT2D eigenvalue weighted by molar-refractivity contribution is -0.146. The zero-order valence-electron chi connectivity index (χ0n) is 17.3. The van der Waals surface area contributed by atoms with Crippen LogP contribution in [0.1, 0.15) is 27.2 Å². The molecular formula is C22H27ClO6S. The van der Waals surface area contributed by atoms with Gasteiger partial charge in [-0.3, -0.25) is 4.79 Å². The van der Waals surface area contributed by atoms with Crippen LogP contribution < -0.4 is 9.47 Å². The number of alkyl halides is 1. The van der Waals surface area contributed by atoms with E-state index in [9.17, 15) is 13.2 Å². The van der Waals surface area contributed by atoms with Gasteiger partial charge < -0.3 is 14.2 Å². The van der Waals surface area contributed by atoms with Crippen LogP contribution in [-0.2, 0) is 19.4 Å². The Kier molecular flexibility index (Phi) is 8.99. The summed E-state index contributed by atoms with van der Waals surface area (Å²) >= 11 is 5.74. The molecule has 30 heavy (non-hydrogen) atoms. The van der Waals surface area contributed by atoms with Crippen LogP contribution >= 0.6 is 11.6 Å². The van der Waals surface area contributed by atoms with E-state index in [4.69, 9.17) is 25.8 Å². The molecule has 2 aromatic carbocycles. The Labute approximate surface area is 183 Å². The molecule has 0 aliphatic rings. The lowest BCUT2D eigenvalue weighted by Crippen LogP contribution is -2.25. The van der Waals surface area contributed by atoms with Crippen molar-refractivity contribution in [1.82, 2.24) is 0 Å². The molecule has 0 bridgehead atoms. The molecule has 0 aliphatic carbocycles. The minimum atomic E-state index is -3.66. The predicted molar refractivity (Wildman–Crippen MR) is 115 cm³/mol. The van der Waals surface area contributed by atoms with Crippen molar-refractivity contribution in [3.05, 3.63) is 48.5 Å². The van der Waals surface area contributed by atoms with Crippen molar-refractivity contribution >= 4 is 27.4 Å². The molecule has 0 aliphatic heterocycles. The largest absolute Gasteiger partial charge is 0.493 e. The van der Waals surface area contributed by atoms with Crippen molar-refractivity contribution in [2.75, 3.05) is 19.1 Å². The molecule has 2 aromatic rings. The highest BCUT2D eigenvalue weighted by molar-refractivity contribution is 7.91. The first kappa shape index (κ1) is 24.0. The van der Waals surface area contributed by atoms with Crippen LogP contribution in [0.5, 0.6) is 11.5 Å². The summed E-state index contributed by atoms with van der Waals surface area (Å²) in [5.41, 5.74) is 0. The fourth-order valence-corrected chi connectivity index (χ4v) is 3.87. The van der Waals surface area contributed by atoms with Crippen LogP contribution in [0, 0.1) is 5.92 Å². The van der Waals surface area contributed by atoms with E-state index in [-0.39, 0.29) is 22.3 Å². The van der Waals surface area contributed by atoms with Gasteiger partial charge in [0.2, 0.25) is 9.84 Å². The fourth-order valence-electron chi connectivity index (χ4n) is 2.46. The lowest BCUT2D eigenvalue weighted by Gasteiger charge is -2.15. The number of benzene rings is 2. The first-order chi connectivity index (χ1) is 14.3. The maximum atomic E-state index is 12.8. The highest BCUT2D eigenvalue weighted by atomic mass is 35.5. The summed E-state index contributed by atoms with van der Waals surface area (Å²) < 4.78 is 41.9. The highest BCUT2D eigenvalue weighted by Gasteiger charge is 2.18. The number of carbonyl (C=O) groups excluding carboxylic acids is 1. The topological polar surface area (TPSA) is 78.9 Å². The van der Waals surface area contributed by atoms with E-state index in [0.29, 0.717) is 24.0 Å². The van der Waals surface area contributed by atoms with Crippen molar-refractivity contribution < 1.29 is 27.4 Å². The summed E-state index contributed by atoms with van der Waals surface area (Å²) in [7, 11) is -3.66. The molecular weight excluding hydrogens is 428 g/mol. The van der Waals surface area contributed by atoms with Gasteiger partial charge in [0.15, 0.2) is 0 Å². The number of carbonyl (C=O) groups is 1. The highest BCUT2D eigenvalue weighted by Crippen LogP contribution is 2.25. The monoisotopic (exact) mass is 454 g/mol. The summed E-state index contributed by atoms with van der Waals surface area (Å²) in [4.78, 5) is 11.3. The number of rotatable bonds is 11. The van der Waals surface area contributed by atoms with Gasteiger partial charge in [0, 0.05) is 6.92 Å². The van der Waals surface area contributed by atoms with E-state index in [1.165, 1.54) is 31.2 Å². The van der Waals surface area contributed by atoms with Crippen LogP contribution in [0.3, 0.4) is 0 Å². The standard InChI is InChI=1S/C22H27ClO6S/c1-4-16(2)14-27-18-5-9-21(10-6-18)30(25,26)22-11-7-19(8-12-22)28-15-20(13-23)29-17(3)24/h5-12,16,20H,4,13-15H2,1-3H3/t16-,20+/m1/s1. The zero-order valence-corrected chi connectivity index (χ0v) is 18.9. The number of hydrogen-bond acceptors (Lipinski definition) is 6. The normalized spacial score (nSPS) is 13.3. The first-order valence-corrected chi connectivity index (χ1v) is 11.7. The van der Waals surface area contributed by atoms with E-state index >= 15 is 0 Å². The summed E-state index contributed by atoms with van der Waals surface area (Å²) in [5.74, 6) is 1.18. The zero-order chi connectivity index (χ0) is 22.1. The number of sulfone groups is 1. The predicted octanol–water partition coefficient (Wildman–Crippen LogP) is 4.49. The Morgan fingerprint density at radius 2 is 1.40 bits per heavy atom. The smallest absolute Gasteiger partial charge is 0.303 e. The van der Waals surface area contributed by atoms with E-state index in [1.807, 2.05) is 0 Å². The van der Waals surface area contributed by atoms with Gasteiger partial charge in [-0.15, -0.1) is 11.6 Å². The van der Waals surface area contributed by atoms with E-state index in [0.717, 1.165) is 6.42 Å². The van der Waals surface area contributed by atoms with Gasteiger partial charge in [0.25, 0.3) is 0 Å². The van der Waals surface area contributed by atoms with Gasteiger partial charge in [-0.2, -0.15) is 0 Å². The van der Waals surface area contributed by atoms with E-state index in [1.54, 1.807) is 24.3 Å². The third-order valence-electron chi connectivity index (χ3n) is 4.44. The molecule has 0 saturated carbocycles. The lowest BCUT2D eigenvalue weighted by atomic mass is 10.1. The van der Waals surface area contributed by atoms with Crippen molar-refractivity contribution in [3.8, 4) is 11.5 Å². The van der Waals surface area contributed by atoms with Crippen LogP contribution in [0.25, 0.3) is 0 Å². The van der Waals surface area contributed by atoms with Crippen LogP contribution in [-0.4, -0.2) is 39.6 Å². The molecule has 0 amide bonds. The van der Waals surface area contributed by atoms with Crippen molar-refractivity contribution in [2.24, 2.45) is 5.92 Å². The number of hydrogen-bond donors (Lipinski definition) is 0. The van der Waals surface area contributed by atoms with E-state index in [2.05, 4.69) is 13.8 Å². The summed E-state index contributed by atoms with van der Waals surface area (Å²) in [6.07, 6.45) is 0.441. The van der Waals surface area contributed by atoms with Gasteiger partial charge in [-0.05, 0) is 54.4 Å². The molecule has 0 saturated heterocycles. The molecule has 0 aromatic heterocycles. The number of esters is 1. The molecule has 6 nitrogen and oxygen atoms in total. The second kappa shape index (κ2) is 11.2. The molecule has 0 fully saturated rings. The molecule has 0 unspecified atom stereocenters. The molecule has 0 radical (unpaired) electrons. The summed E-state index contributed by atoms with van der Waals surface area (Å²) in [6.45, 7) is 6.15. The Hall–Kier alpha value is -2.25. The van der Waals surface area contributed by atoms with Crippen LogP contribution in [0.4, 0.5) is 0 Å². The molecule has 0 heterocycles. The maximum Gasteiger partial charge on any atom is 0.303 e. The average molecular weight is 455 g/mol. The quantitative estimate of drug-likeness (QED) is 0.367. The fraction of sp³-hybridized carbons (Fsp3) is 0.409. The second-order valence-electron chi connectivity index (χ2n) is 6.97. The third kappa shape index (κ3) is 6.92. The Morgan fingerprint density at radius 1 is 0.933 bits per heavy atom. The van der Waals surface area contributed by atoms with Gasteiger partial charge in [0.1, 0.15) is 24.2 Å². The second-order valence-corrected chi connectivity index (χ2v) is 9.23. The molecule has 0 spiro atoms. The van der Waals surface area contributed by atoms with Crippen molar-refractivity contribution in [1.29, 1.82) is 0 Å². The van der Waals surface area contributed by atoms with Crippen molar-refractivity contribution in [2.45, 2.75) is 43.1 Å². The Balaban J connectivity index is 2.03. The van der Waals surface area contributed by atoms with Gasteiger partial charge in [-0.25, -0.2) is 8.42 Å². The van der Waals surface area contributed by atoms with Gasteiger partial charge >= 0.3 is 5.97 Å². The molecule has 0 N–H and O–H groups in total. The van der Waals surface area contributed by atoms with E-state index < -0.39 is 21.9 Å². The van der Waals surface area contributed by atoms with Gasteiger partial charge in [-0.1, -0.05) is 20.3 Å². The molecule has 2 rings (SSSR count). The minimum Gasteiger partial charge on any atom is -0.493 e. The maximum absolute atomic E-state index is 12.8. The Bertz CT molecular complexity index is 910. The first-order valence-electron chi connectivity index (χ1n) is 9.70. The average Bonchev–Trinajstić information content (AvgIpc) is 2.75. The minimum absolute atomic E-state index is 0.0767. The summed E-state index contributed by atoms with van der Waals surface area (Å²) in [5, 5.41) is 0. The molecule has 164 valence electrons. The third-order valence-corrected chi connectivity index (χ3v) is 6.57. The van der Waals surface area contributed by atoms with Crippen molar-refractivity contribution in [3.63, 3.8) is 0 Å². The van der Waals surface area contributed by atoms with Crippen LogP contribution in [0.2, 0.25) is 0 Å². The Morgan fingerprint density at radius 3 is 1.80 bits per heavy atom. The SMILES string of the molecule is CC[C@@H](C)COc1ccc(S(=O)(=O)c2ccc(OC[C@H](CCl)OC(C)=O)cc2)cc1. The summed E-state index contributed by atoms with van der Waals surface area (Å²) in [6, 6.07) is 12.4.